The molecule has 2 N–H and O–H groups in total. The number of alkyl halides is 3. The zero-order valence-corrected chi connectivity index (χ0v) is 9.65. The molecule has 94 valence electrons. The van der Waals surface area contributed by atoms with E-state index in [1.54, 1.807) is 0 Å². The van der Waals surface area contributed by atoms with E-state index in [1.807, 2.05) is 0 Å². The Bertz CT molecular complexity index is 659. The smallest absolute Gasteiger partial charge is 0.332 e. The molecule has 0 saturated carbocycles. The predicted octanol–water partition coefficient (Wildman–Crippen LogP) is 3.12. The number of hydrogen-bond donors (Lipinski definition) is 2. The van der Waals surface area contributed by atoms with E-state index in [4.69, 9.17) is 12.2 Å². The van der Waals surface area contributed by atoms with Crippen molar-refractivity contribution < 1.29 is 13.2 Å². The molecule has 2 rings (SSSR count). The van der Waals surface area contributed by atoms with Crippen molar-refractivity contribution in [1.29, 1.82) is 0 Å². The lowest BCUT2D eigenvalue weighted by Crippen LogP contribution is -2.10. The number of rotatable bonds is 1. The first-order valence-electron chi connectivity index (χ1n) is 4.88. The fraction of sp³-hybridized carbons (Fsp3) is 0.0909. The second-order valence-electron chi connectivity index (χ2n) is 3.54. The first-order chi connectivity index (χ1) is 8.38. The molecular formula is C11H7F3N2OS. The van der Waals surface area contributed by atoms with Gasteiger partial charge in [0.2, 0.25) is 0 Å². The van der Waals surface area contributed by atoms with Crippen LogP contribution in [0.15, 0.2) is 35.1 Å². The lowest BCUT2D eigenvalue weighted by molar-refractivity contribution is -0.137. The van der Waals surface area contributed by atoms with E-state index in [2.05, 4.69) is 9.97 Å². The third-order valence-corrected chi connectivity index (χ3v) is 2.49. The standard InChI is InChI=1S/C11H7F3N2OS/c12-11(13,14)7-4-2-1-3-6(7)8-5-9(17)16-10(18)15-8/h1-5H,(H2,15,16,17,18). The molecule has 2 aromatic rings. The molecule has 0 aliphatic heterocycles. The average molecular weight is 272 g/mol. The van der Waals surface area contributed by atoms with Crippen LogP contribution in [0.2, 0.25) is 0 Å². The maximum atomic E-state index is 12.8. The van der Waals surface area contributed by atoms with Gasteiger partial charge in [-0.15, -0.1) is 0 Å². The summed E-state index contributed by atoms with van der Waals surface area (Å²) in [6.07, 6.45) is -4.49. The monoisotopic (exact) mass is 272 g/mol. The van der Waals surface area contributed by atoms with Gasteiger partial charge in [-0.05, 0) is 18.3 Å². The van der Waals surface area contributed by atoms with E-state index >= 15 is 0 Å². The quantitative estimate of drug-likeness (QED) is 0.784. The normalized spacial score (nSPS) is 11.5. The molecule has 0 fully saturated rings. The van der Waals surface area contributed by atoms with Crippen molar-refractivity contribution in [3.8, 4) is 11.3 Å². The summed E-state index contributed by atoms with van der Waals surface area (Å²) >= 11 is 4.73. The summed E-state index contributed by atoms with van der Waals surface area (Å²) in [5.41, 5.74) is -1.44. The number of H-pyrrole nitrogens is 2. The van der Waals surface area contributed by atoms with Gasteiger partial charge in [0.05, 0.1) is 11.3 Å². The van der Waals surface area contributed by atoms with Crippen LogP contribution < -0.4 is 5.56 Å². The zero-order chi connectivity index (χ0) is 13.3. The van der Waals surface area contributed by atoms with Crippen molar-refractivity contribution in [1.82, 2.24) is 9.97 Å². The van der Waals surface area contributed by atoms with Crippen LogP contribution in [0.4, 0.5) is 13.2 Å². The predicted molar refractivity (Wildman–Crippen MR) is 62.7 cm³/mol. The van der Waals surface area contributed by atoms with Crippen LogP contribution >= 0.6 is 12.2 Å². The molecule has 7 heteroatoms. The minimum atomic E-state index is -4.49. The molecule has 18 heavy (non-hydrogen) atoms. The summed E-state index contributed by atoms with van der Waals surface area (Å²) in [6.45, 7) is 0. The SMILES string of the molecule is O=c1cc(-c2ccccc2C(F)(F)F)[nH]c(=S)[nH]1. The highest BCUT2D eigenvalue weighted by Crippen LogP contribution is 2.35. The molecule has 3 nitrogen and oxygen atoms in total. The van der Waals surface area contributed by atoms with Gasteiger partial charge in [0.15, 0.2) is 4.77 Å². The molecule has 1 aromatic carbocycles. The second kappa shape index (κ2) is 4.41. The largest absolute Gasteiger partial charge is 0.417 e. The van der Waals surface area contributed by atoms with Gasteiger partial charge in [-0.1, -0.05) is 18.2 Å². The Morgan fingerprint density at radius 2 is 1.78 bits per heavy atom. The highest BCUT2D eigenvalue weighted by atomic mass is 32.1. The van der Waals surface area contributed by atoms with Crippen LogP contribution in [-0.2, 0) is 6.18 Å². The maximum Gasteiger partial charge on any atom is 0.417 e. The zero-order valence-electron chi connectivity index (χ0n) is 8.84. The summed E-state index contributed by atoms with van der Waals surface area (Å²) in [6, 6.07) is 6.02. The number of hydrogen-bond acceptors (Lipinski definition) is 2. The highest BCUT2D eigenvalue weighted by Gasteiger charge is 2.33. The van der Waals surface area contributed by atoms with Crippen LogP contribution in [0.25, 0.3) is 11.3 Å². The lowest BCUT2D eigenvalue weighted by atomic mass is 10.0. The third-order valence-electron chi connectivity index (χ3n) is 2.28. The number of nitrogens with one attached hydrogen (secondary N) is 2. The number of aromatic nitrogens is 2. The number of halogens is 3. The second-order valence-corrected chi connectivity index (χ2v) is 3.95. The molecule has 0 unspecified atom stereocenters. The summed E-state index contributed by atoms with van der Waals surface area (Å²) in [5.74, 6) is 0. The molecule has 1 heterocycles. The molecule has 1 aromatic heterocycles. The van der Waals surface area contributed by atoms with E-state index in [0.29, 0.717) is 0 Å². The number of benzene rings is 1. The van der Waals surface area contributed by atoms with Crippen LogP contribution in [-0.4, -0.2) is 9.97 Å². The summed E-state index contributed by atoms with van der Waals surface area (Å²) in [7, 11) is 0. The first-order valence-corrected chi connectivity index (χ1v) is 5.29. The Kier molecular flexibility index (Phi) is 3.08. The van der Waals surface area contributed by atoms with Crippen LogP contribution in [0.1, 0.15) is 5.56 Å². The van der Waals surface area contributed by atoms with Gasteiger partial charge in [0, 0.05) is 11.6 Å². The van der Waals surface area contributed by atoms with Crippen molar-refractivity contribution in [2.75, 3.05) is 0 Å². The Hall–Kier alpha value is -1.89. The van der Waals surface area contributed by atoms with E-state index in [9.17, 15) is 18.0 Å². The minimum absolute atomic E-state index is 0.0190. The van der Waals surface area contributed by atoms with Gasteiger partial charge in [-0.25, -0.2) is 0 Å². The topological polar surface area (TPSA) is 48.6 Å². The molecule has 0 amide bonds. The van der Waals surface area contributed by atoms with Crippen molar-refractivity contribution >= 4 is 12.2 Å². The van der Waals surface area contributed by atoms with Crippen LogP contribution in [0.3, 0.4) is 0 Å². The van der Waals surface area contributed by atoms with Crippen LogP contribution in [0.5, 0.6) is 0 Å². The van der Waals surface area contributed by atoms with Gasteiger partial charge in [-0.3, -0.25) is 9.78 Å². The maximum absolute atomic E-state index is 12.8. The third kappa shape index (κ3) is 2.51. The molecule has 0 aliphatic rings. The number of aromatic amines is 2. The molecule has 0 spiro atoms. The van der Waals surface area contributed by atoms with Gasteiger partial charge in [-0.2, -0.15) is 13.2 Å². The van der Waals surface area contributed by atoms with E-state index < -0.39 is 17.3 Å². The molecular weight excluding hydrogens is 265 g/mol. The Morgan fingerprint density at radius 3 is 2.39 bits per heavy atom. The highest BCUT2D eigenvalue weighted by molar-refractivity contribution is 7.71. The minimum Gasteiger partial charge on any atom is -0.332 e. The summed E-state index contributed by atoms with van der Waals surface area (Å²) in [4.78, 5) is 16.0. The van der Waals surface area contributed by atoms with Gasteiger partial charge in [0.25, 0.3) is 5.56 Å². The molecule has 0 radical (unpaired) electrons. The summed E-state index contributed by atoms with van der Waals surface area (Å²) < 4.78 is 38.4. The van der Waals surface area contributed by atoms with Gasteiger partial charge in [0.1, 0.15) is 0 Å². The summed E-state index contributed by atoms with van der Waals surface area (Å²) in [5, 5.41) is 0. The molecule has 0 bridgehead atoms. The average Bonchev–Trinajstić information content (AvgIpc) is 2.26. The Balaban J connectivity index is 2.72. The van der Waals surface area contributed by atoms with Crippen molar-refractivity contribution in [3.63, 3.8) is 0 Å². The fourth-order valence-electron chi connectivity index (χ4n) is 1.58. The Labute approximate surface area is 104 Å². The van der Waals surface area contributed by atoms with Crippen molar-refractivity contribution in [2.24, 2.45) is 0 Å². The van der Waals surface area contributed by atoms with Gasteiger partial charge >= 0.3 is 6.18 Å². The van der Waals surface area contributed by atoms with Crippen molar-refractivity contribution in [2.45, 2.75) is 6.18 Å². The van der Waals surface area contributed by atoms with E-state index in [0.717, 1.165) is 12.1 Å². The van der Waals surface area contributed by atoms with E-state index in [1.165, 1.54) is 18.2 Å². The molecule has 0 saturated heterocycles. The lowest BCUT2D eigenvalue weighted by Gasteiger charge is -2.12. The van der Waals surface area contributed by atoms with E-state index in [-0.39, 0.29) is 16.0 Å². The van der Waals surface area contributed by atoms with Gasteiger partial charge < -0.3 is 4.98 Å². The Morgan fingerprint density at radius 1 is 1.11 bits per heavy atom. The molecule has 0 atom stereocenters. The first kappa shape index (κ1) is 12.6. The van der Waals surface area contributed by atoms with Crippen molar-refractivity contribution in [3.05, 3.63) is 51.0 Å². The van der Waals surface area contributed by atoms with Crippen LogP contribution in [0, 0.1) is 4.77 Å². The molecule has 0 aliphatic carbocycles. The fourth-order valence-corrected chi connectivity index (χ4v) is 1.79.